The zero-order valence-electron chi connectivity index (χ0n) is 32.6. The van der Waals surface area contributed by atoms with Crippen molar-refractivity contribution in [2.45, 2.75) is 0 Å². The van der Waals surface area contributed by atoms with Crippen molar-refractivity contribution < 1.29 is 0 Å². The molecule has 0 amide bonds. The van der Waals surface area contributed by atoms with Gasteiger partial charge in [-0.25, -0.2) is 4.85 Å². The quantitative estimate of drug-likeness (QED) is 0.165. The Morgan fingerprint density at radius 2 is 0.820 bits per heavy atom. The number of hydrogen-bond acceptors (Lipinski definition) is 1. The third-order valence-electron chi connectivity index (χ3n) is 12.8. The van der Waals surface area contributed by atoms with Crippen molar-refractivity contribution in [2.75, 3.05) is 0 Å². The van der Waals surface area contributed by atoms with E-state index in [0.29, 0.717) is 22.6 Å². The van der Waals surface area contributed by atoms with Gasteiger partial charge in [-0.05, 0) is 93.0 Å². The summed E-state index contributed by atoms with van der Waals surface area (Å²) in [5, 5.41) is 24.9. The van der Waals surface area contributed by atoms with Crippen LogP contribution in [0.2, 0.25) is 0 Å². The summed E-state index contributed by atoms with van der Waals surface area (Å²) in [6, 6.07) is 68.7. The lowest BCUT2D eigenvalue weighted by atomic mass is 10.00. The monoisotopic (exact) mass is 773 g/mol. The van der Waals surface area contributed by atoms with Gasteiger partial charge in [0.2, 0.25) is 5.69 Å². The molecule has 0 saturated heterocycles. The third-order valence-corrected chi connectivity index (χ3v) is 12.8. The number of benzene rings is 10. The molecule has 0 radical (unpaired) electrons. The normalized spacial score (nSPS) is 11.9. The van der Waals surface area contributed by atoms with Gasteiger partial charge in [-0.15, -0.1) is 0 Å². The second-order valence-corrected chi connectivity index (χ2v) is 15.9. The molecule has 3 heterocycles. The fourth-order valence-electron chi connectivity index (χ4n) is 10.3. The molecule has 0 fully saturated rings. The number of hydrogen-bond donors (Lipinski definition) is 0. The number of fused-ring (bicyclic) bond motifs is 15. The van der Waals surface area contributed by atoms with E-state index in [1.807, 2.05) is 12.1 Å². The lowest BCUT2D eigenvalue weighted by molar-refractivity contribution is 1.14. The Morgan fingerprint density at radius 3 is 1.36 bits per heavy atom. The largest absolute Gasteiger partial charge is 0.319 e. The van der Waals surface area contributed by atoms with E-state index in [1.165, 1.54) is 10.8 Å². The van der Waals surface area contributed by atoms with E-state index in [2.05, 4.69) is 201 Å². The average molecular weight is 774 g/mol. The van der Waals surface area contributed by atoms with Gasteiger partial charge in [0.25, 0.3) is 0 Å². The highest BCUT2D eigenvalue weighted by molar-refractivity contribution is 6.29. The van der Waals surface area contributed by atoms with E-state index in [4.69, 9.17) is 6.57 Å². The van der Waals surface area contributed by atoms with Crippen molar-refractivity contribution >= 4 is 103 Å². The minimum Gasteiger partial charge on any atom is -0.319 e. The molecule has 3 aromatic heterocycles. The summed E-state index contributed by atoms with van der Waals surface area (Å²) in [4.78, 5) is 4.23. The molecule has 13 rings (SSSR count). The molecule has 13 aromatic rings. The van der Waals surface area contributed by atoms with Crippen LogP contribution in [0.5, 0.6) is 0 Å². The van der Waals surface area contributed by atoms with Gasteiger partial charge in [0, 0.05) is 38.0 Å². The van der Waals surface area contributed by atoms with Gasteiger partial charge in [0.05, 0.1) is 56.6 Å². The van der Waals surface area contributed by atoms with Crippen molar-refractivity contribution in [1.82, 2.24) is 13.7 Å². The molecule has 0 bridgehead atoms. The molecule has 0 aliphatic heterocycles. The van der Waals surface area contributed by atoms with Crippen LogP contribution >= 0.6 is 0 Å². The Labute approximate surface area is 349 Å². The van der Waals surface area contributed by atoms with Crippen molar-refractivity contribution in [2.24, 2.45) is 0 Å². The van der Waals surface area contributed by atoms with E-state index in [9.17, 15) is 5.26 Å². The molecule has 0 saturated carbocycles. The van der Waals surface area contributed by atoms with Crippen LogP contribution in [0.25, 0.3) is 120 Å². The summed E-state index contributed by atoms with van der Waals surface area (Å²) >= 11 is 0. The number of aromatic nitrogens is 3. The second kappa shape index (κ2) is 12.4. The van der Waals surface area contributed by atoms with Crippen molar-refractivity contribution in [3.63, 3.8) is 0 Å². The lowest BCUT2D eigenvalue weighted by Gasteiger charge is -2.16. The molecule has 5 heteroatoms. The SMILES string of the molecule is [C-]#[N+]c1cc(-n2c3ccc(-n4c5ccccc5c5ccccc54)cc3c3c4ccccc4ccc32)c(C#N)cc1-n1c2ccc3ccccc3c2c2c3ccccc3ccc21. The zero-order valence-corrected chi connectivity index (χ0v) is 32.6. The first-order valence-corrected chi connectivity index (χ1v) is 20.4. The topological polar surface area (TPSA) is 42.9 Å². The summed E-state index contributed by atoms with van der Waals surface area (Å²) in [6.07, 6.45) is 0. The minimum atomic E-state index is 0.465. The smallest absolute Gasteiger partial charge is 0.212 e. The van der Waals surface area contributed by atoms with Gasteiger partial charge in [0.15, 0.2) is 0 Å². The Morgan fingerprint density at radius 1 is 0.377 bits per heavy atom. The molecule has 0 spiro atoms. The van der Waals surface area contributed by atoms with E-state index in [1.54, 1.807) is 0 Å². The highest BCUT2D eigenvalue weighted by Crippen LogP contribution is 2.45. The van der Waals surface area contributed by atoms with Gasteiger partial charge >= 0.3 is 0 Å². The standard InChI is InChI=1S/C56H31N5/c1-58-45-32-52(37(33-57)30-53(45)61-50-27-23-35-13-3-6-16-40(35)55(50)56-41-17-7-4-14-36(41)24-28-51(56)61)60-48-29-25-38(31-44(48)54-39-15-5-2-12-34(39)22-26-49(54)60)59-46-20-10-8-18-42(46)43-19-9-11-21-47(43)59/h2-32H. The lowest BCUT2D eigenvalue weighted by Crippen LogP contribution is -2.02. The van der Waals surface area contributed by atoms with E-state index < -0.39 is 0 Å². The first-order chi connectivity index (χ1) is 30.2. The predicted molar refractivity (Wildman–Crippen MR) is 253 cm³/mol. The highest BCUT2D eigenvalue weighted by Gasteiger charge is 2.24. The summed E-state index contributed by atoms with van der Waals surface area (Å²) in [5.74, 6) is 0. The molecular weight excluding hydrogens is 743 g/mol. The maximum absolute atomic E-state index is 11.1. The van der Waals surface area contributed by atoms with Crippen LogP contribution in [0.1, 0.15) is 5.56 Å². The van der Waals surface area contributed by atoms with Crippen molar-refractivity contribution in [3.05, 3.63) is 205 Å². The predicted octanol–water partition coefficient (Wildman–Crippen LogP) is 14.9. The molecule has 0 aliphatic carbocycles. The highest BCUT2D eigenvalue weighted by atomic mass is 15.0. The Hall–Kier alpha value is -8.64. The van der Waals surface area contributed by atoms with Crippen LogP contribution in [0.4, 0.5) is 5.69 Å². The first kappa shape index (κ1) is 33.3. The number of nitrogens with zero attached hydrogens (tertiary/aromatic N) is 5. The molecular formula is C56H31N5. The molecule has 0 aliphatic rings. The van der Waals surface area contributed by atoms with Crippen LogP contribution in [0.3, 0.4) is 0 Å². The number of para-hydroxylation sites is 2. The molecule has 61 heavy (non-hydrogen) atoms. The van der Waals surface area contributed by atoms with Gasteiger partial charge in [-0.3, -0.25) is 0 Å². The maximum atomic E-state index is 11.1. The Balaban J connectivity index is 1.11. The number of rotatable bonds is 3. The third kappa shape index (κ3) is 4.52. The van der Waals surface area contributed by atoms with Crippen LogP contribution in [-0.2, 0) is 0 Å². The van der Waals surface area contributed by atoms with Crippen LogP contribution in [0.15, 0.2) is 188 Å². The second-order valence-electron chi connectivity index (χ2n) is 15.9. The average Bonchev–Trinajstić information content (AvgIpc) is 3.97. The van der Waals surface area contributed by atoms with E-state index in [-0.39, 0.29) is 0 Å². The van der Waals surface area contributed by atoms with Gasteiger partial charge in [0.1, 0.15) is 6.07 Å². The van der Waals surface area contributed by atoms with Crippen LogP contribution in [0, 0.1) is 17.9 Å². The Bertz CT molecular complexity index is 4000. The van der Waals surface area contributed by atoms with Crippen molar-refractivity contribution in [3.8, 4) is 23.1 Å². The van der Waals surface area contributed by atoms with Crippen molar-refractivity contribution in [1.29, 1.82) is 5.26 Å². The molecule has 280 valence electrons. The molecule has 0 N–H and O–H groups in total. The van der Waals surface area contributed by atoms with Crippen LogP contribution < -0.4 is 0 Å². The summed E-state index contributed by atoms with van der Waals surface area (Å²) in [7, 11) is 0. The van der Waals surface area contributed by atoms with Gasteiger partial charge < -0.3 is 13.7 Å². The van der Waals surface area contributed by atoms with Crippen LogP contribution in [-0.4, -0.2) is 13.7 Å². The van der Waals surface area contributed by atoms with E-state index in [0.717, 1.165) is 92.6 Å². The first-order valence-electron chi connectivity index (χ1n) is 20.4. The van der Waals surface area contributed by atoms with E-state index >= 15 is 0 Å². The zero-order chi connectivity index (χ0) is 40.3. The molecule has 10 aromatic carbocycles. The summed E-state index contributed by atoms with van der Waals surface area (Å²) < 4.78 is 6.73. The molecule has 0 unspecified atom stereocenters. The minimum absolute atomic E-state index is 0.465. The Kier molecular flexibility index (Phi) is 6.80. The fourth-order valence-corrected chi connectivity index (χ4v) is 10.3. The summed E-state index contributed by atoms with van der Waals surface area (Å²) in [6.45, 7) is 8.71. The van der Waals surface area contributed by atoms with Gasteiger partial charge in [-0.1, -0.05) is 127 Å². The summed E-state index contributed by atoms with van der Waals surface area (Å²) in [5.41, 5.74) is 9.58. The van der Waals surface area contributed by atoms with Gasteiger partial charge in [-0.2, -0.15) is 5.26 Å². The molecule has 0 atom stereocenters. The number of nitriles is 1. The molecule has 5 nitrogen and oxygen atoms in total. The fraction of sp³-hybridized carbons (Fsp3) is 0. The maximum Gasteiger partial charge on any atom is 0.212 e.